The molecule has 0 atom stereocenters. The molecule has 1 aromatic heterocycles. The van der Waals surface area contributed by atoms with Gasteiger partial charge in [-0.1, -0.05) is 0 Å². The van der Waals surface area contributed by atoms with Gasteiger partial charge in [-0.25, -0.2) is 9.97 Å². The van der Waals surface area contributed by atoms with Gasteiger partial charge in [0.25, 0.3) is 0 Å². The molecule has 2 aromatic rings. The third kappa shape index (κ3) is 4.23. The molecule has 0 aliphatic heterocycles. The van der Waals surface area contributed by atoms with Crippen molar-refractivity contribution in [2.75, 3.05) is 25.6 Å². The fraction of sp³-hybridized carbons (Fsp3) is 0.333. The van der Waals surface area contributed by atoms with E-state index in [9.17, 15) is 0 Å². The van der Waals surface area contributed by atoms with Crippen molar-refractivity contribution in [2.45, 2.75) is 13.8 Å². The molecule has 112 valence electrons. The van der Waals surface area contributed by atoms with Crippen LogP contribution in [-0.4, -0.2) is 30.2 Å². The van der Waals surface area contributed by atoms with E-state index in [-0.39, 0.29) is 5.28 Å². The van der Waals surface area contributed by atoms with Gasteiger partial charge in [-0.3, -0.25) is 0 Å². The molecule has 0 aliphatic rings. The van der Waals surface area contributed by atoms with E-state index in [1.54, 1.807) is 7.11 Å². The lowest BCUT2D eigenvalue weighted by atomic mass is 10.2. The number of benzene rings is 1. The molecule has 0 saturated heterocycles. The third-order valence-electron chi connectivity index (χ3n) is 3.08. The van der Waals surface area contributed by atoms with Crippen LogP contribution < -0.4 is 14.8 Å². The van der Waals surface area contributed by atoms with Gasteiger partial charge in [0.2, 0.25) is 5.28 Å². The molecule has 6 heteroatoms. The number of anilines is 1. The molecule has 0 unspecified atom stereocenters. The molecule has 1 N–H and O–H groups in total. The number of nitrogens with zero attached hydrogens (tertiary/aromatic N) is 2. The maximum atomic E-state index is 5.85. The Bertz CT molecular complexity index is 603. The summed E-state index contributed by atoms with van der Waals surface area (Å²) in [4.78, 5) is 8.27. The van der Waals surface area contributed by atoms with Crippen LogP contribution in [0.1, 0.15) is 11.3 Å². The summed E-state index contributed by atoms with van der Waals surface area (Å²) < 4.78 is 10.7. The van der Waals surface area contributed by atoms with Crippen molar-refractivity contribution in [1.29, 1.82) is 0 Å². The van der Waals surface area contributed by atoms with Gasteiger partial charge in [-0.05, 0) is 49.7 Å². The molecule has 2 rings (SSSR count). The van der Waals surface area contributed by atoms with Crippen LogP contribution in [0.2, 0.25) is 5.28 Å². The van der Waals surface area contributed by atoms with E-state index in [2.05, 4.69) is 15.3 Å². The van der Waals surface area contributed by atoms with Crippen LogP contribution in [0.25, 0.3) is 0 Å². The first kappa shape index (κ1) is 15.4. The van der Waals surface area contributed by atoms with Crippen molar-refractivity contribution in [3.8, 4) is 11.5 Å². The van der Waals surface area contributed by atoms with E-state index in [0.717, 1.165) is 28.6 Å². The van der Waals surface area contributed by atoms with Crippen LogP contribution in [0, 0.1) is 13.8 Å². The Morgan fingerprint density at radius 3 is 2.43 bits per heavy atom. The van der Waals surface area contributed by atoms with Crippen LogP contribution in [0.3, 0.4) is 0 Å². The van der Waals surface area contributed by atoms with Crippen LogP contribution in [0.15, 0.2) is 24.3 Å². The van der Waals surface area contributed by atoms with Gasteiger partial charge in [0, 0.05) is 11.3 Å². The zero-order chi connectivity index (χ0) is 15.2. The molecule has 0 spiro atoms. The average Bonchev–Trinajstić information content (AvgIpc) is 2.49. The SMILES string of the molecule is COc1ccc(OCCNc2nc(Cl)nc(C)c2C)cc1. The molecule has 1 heterocycles. The predicted molar refractivity (Wildman–Crippen MR) is 83.5 cm³/mol. The minimum atomic E-state index is 0.247. The fourth-order valence-corrected chi connectivity index (χ4v) is 1.99. The molecule has 21 heavy (non-hydrogen) atoms. The van der Waals surface area contributed by atoms with E-state index in [4.69, 9.17) is 21.1 Å². The van der Waals surface area contributed by atoms with Crippen molar-refractivity contribution in [2.24, 2.45) is 0 Å². The molecule has 0 fully saturated rings. The predicted octanol–water partition coefficient (Wildman–Crippen LogP) is 3.25. The molecule has 0 amide bonds. The number of hydrogen-bond donors (Lipinski definition) is 1. The Hall–Kier alpha value is -2.01. The lowest BCUT2D eigenvalue weighted by molar-refractivity contribution is 0.331. The van der Waals surface area contributed by atoms with Gasteiger partial charge >= 0.3 is 0 Å². The quantitative estimate of drug-likeness (QED) is 0.656. The molecule has 0 saturated carbocycles. The summed E-state index contributed by atoms with van der Waals surface area (Å²) in [7, 11) is 1.64. The lowest BCUT2D eigenvalue weighted by Gasteiger charge is -2.11. The number of methoxy groups -OCH3 is 1. The van der Waals surface area contributed by atoms with E-state index < -0.39 is 0 Å². The maximum Gasteiger partial charge on any atom is 0.224 e. The highest BCUT2D eigenvalue weighted by Gasteiger charge is 2.06. The number of halogens is 1. The summed E-state index contributed by atoms with van der Waals surface area (Å²) in [5.74, 6) is 2.35. The molecule has 5 nitrogen and oxygen atoms in total. The smallest absolute Gasteiger partial charge is 0.224 e. The van der Waals surface area contributed by atoms with E-state index in [1.165, 1.54) is 0 Å². The van der Waals surface area contributed by atoms with Gasteiger partial charge in [0.1, 0.15) is 23.9 Å². The Morgan fingerprint density at radius 2 is 1.76 bits per heavy atom. The van der Waals surface area contributed by atoms with Crippen molar-refractivity contribution in [3.05, 3.63) is 40.8 Å². The first-order valence-corrected chi connectivity index (χ1v) is 6.99. The first-order valence-electron chi connectivity index (χ1n) is 6.61. The number of ether oxygens (including phenoxy) is 2. The Kier molecular flexibility index (Phi) is 5.22. The van der Waals surface area contributed by atoms with E-state index >= 15 is 0 Å². The zero-order valence-corrected chi connectivity index (χ0v) is 13.1. The van der Waals surface area contributed by atoms with Crippen molar-refractivity contribution < 1.29 is 9.47 Å². The van der Waals surface area contributed by atoms with Gasteiger partial charge in [-0.15, -0.1) is 0 Å². The average molecular weight is 308 g/mol. The standard InChI is InChI=1S/C15H18ClN3O2/c1-10-11(2)18-15(16)19-14(10)17-8-9-21-13-6-4-12(20-3)5-7-13/h4-7H,8-9H2,1-3H3,(H,17,18,19). The lowest BCUT2D eigenvalue weighted by Crippen LogP contribution is -2.14. The first-order chi connectivity index (χ1) is 10.1. The maximum absolute atomic E-state index is 5.85. The van der Waals surface area contributed by atoms with Gasteiger partial charge < -0.3 is 14.8 Å². The van der Waals surface area contributed by atoms with Crippen molar-refractivity contribution in [3.63, 3.8) is 0 Å². The highest BCUT2D eigenvalue weighted by atomic mass is 35.5. The summed E-state index contributed by atoms with van der Waals surface area (Å²) in [6.07, 6.45) is 0. The topological polar surface area (TPSA) is 56.3 Å². The van der Waals surface area contributed by atoms with Crippen LogP contribution in [0.4, 0.5) is 5.82 Å². The van der Waals surface area contributed by atoms with Gasteiger partial charge in [0.05, 0.1) is 13.7 Å². The Balaban J connectivity index is 1.84. The fourth-order valence-electron chi connectivity index (χ4n) is 1.78. The number of rotatable bonds is 6. The van der Waals surface area contributed by atoms with Gasteiger partial charge in [0.15, 0.2) is 0 Å². The summed E-state index contributed by atoms with van der Waals surface area (Å²) in [5, 5.41) is 3.45. The molecule has 0 aliphatic carbocycles. The highest BCUT2D eigenvalue weighted by Crippen LogP contribution is 2.18. The summed E-state index contributed by atoms with van der Waals surface area (Å²) in [5.41, 5.74) is 1.86. The minimum Gasteiger partial charge on any atom is -0.497 e. The second kappa shape index (κ2) is 7.13. The molecular formula is C15H18ClN3O2. The zero-order valence-electron chi connectivity index (χ0n) is 12.3. The van der Waals surface area contributed by atoms with Crippen molar-refractivity contribution >= 4 is 17.4 Å². The monoisotopic (exact) mass is 307 g/mol. The van der Waals surface area contributed by atoms with Crippen LogP contribution >= 0.6 is 11.6 Å². The number of nitrogens with one attached hydrogen (secondary N) is 1. The van der Waals surface area contributed by atoms with E-state index in [0.29, 0.717) is 13.2 Å². The van der Waals surface area contributed by atoms with Crippen molar-refractivity contribution in [1.82, 2.24) is 9.97 Å². The molecule has 1 aromatic carbocycles. The number of hydrogen-bond acceptors (Lipinski definition) is 5. The summed E-state index contributed by atoms with van der Waals surface area (Å²) in [6.45, 7) is 5.01. The summed E-state index contributed by atoms with van der Waals surface area (Å²) >= 11 is 5.85. The second-order valence-electron chi connectivity index (χ2n) is 4.50. The van der Waals surface area contributed by atoms with Crippen LogP contribution in [0.5, 0.6) is 11.5 Å². The van der Waals surface area contributed by atoms with Crippen LogP contribution in [-0.2, 0) is 0 Å². The Labute approximate surface area is 129 Å². The third-order valence-corrected chi connectivity index (χ3v) is 3.25. The molecular weight excluding hydrogens is 290 g/mol. The number of aryl methyl sites for hydroxylation is 1. The number of aromatic nitrogens is 2. The minimum absolute atomic E-state index is 0.247. The second-order valence-corrected chi connectivity index (χ2v) is 4.84. The van der Waals surface area contributed by atoms with Gasteiger partial charge in [-0.2, -0.15) is 0 Å². The summed E-state index contributed by atoms with van der Waals surface area (Å²) in [6, 6.07) is 7.46. The largest absolute Gasteiger partial charge is 0.497 e. The molecule has 0 bridgehead atoms. The highest BCUT2D eigenvalue weighted by molar-refractivity contribution is 6.28. The molecule has 0 radical (unpaired) electrons. The Morgan fingerprint density at radius 1 is 1.10 bits per heavy atom. The van der Waals surface area contributed by atoms with E-state index in [1.807, 2.05) is 38.1 Å². The normalized spacial score (nSPS) is 10.3.